The average molecular weight is 286 g/mol. The number of nitrogens with zero attached hydrogens (tertiary/aromatic N) is 1. The van der Waals surface area contributed by atoms with Gasteiger partial charge in [0.25, 0.3) is 0 Å². The lowest BCUT2D eigenvalue weighted by Crippen LogP contribution is -2.11. The highest BCUT2D eigenvalue weighted by Crippen LogP contribution is 2.32. The molecular formula is C16H18N2O3. The zero-order chi connectivity index (χ0) is 15.4. The van der Waals surface area contributed by atoms with Gasteiger partial charge >= 0.3 is 5.69 Å². The van der Waals surface area contributed by atoms with Gasteiger partial charge in [0.15, 0.2) is 0 Å². The van der Waals surface area contributed by atoms with Gasteiger partial charge in [-0.25, -0.2) is 0 Å². The molecule has 0 saturated heterocycles. The lowest BCUT2D eigenvalue weighted by molar-refractivity contribution is -0.385. The minimum absolute atomic E-state index is 0.0253. The highest BCUT2D eigenvalue weighted by atomic mass is 16.6. The molecule has 1 atom stereocenters. The van der Waals surface area contributed by atoms with Crippen LogP contribution in [0.5, 0.6) is 11.5 Å². The van der Waals surface area contributed by atoms with Gasteiger partial charge in [0, 0.05) is 12.1 Å². The molecule has 21 heavy (non-hydrogen) atoms. The second-order valence-electron chi connectivity index (χ2n) is 4.91. The number of hydrogen-bond acceptors (Lipinski definition) is 4. The summed E-state index contributed by atoms with van der Waals surface area (Å²) in [7, 11) is 1.89. The second kappa shape index (κ2) is 6.37. The smallest absolute Gasteiger partial charge is 0.311 e. The summed E-state index contributed by atoms with van der Waals surface area (Å²) in [5.41, 5.74) is 1.93. The van der Waals surface area contributed by atoms with Crippen LogP contribution in [-0.4, -0.2) is 12.0 Å². The van der Waals surface area contributed by atoms with Crippen molar-refractivity contribution >= 4 is 5.69 Å². The molecule has 0 amide bonds. The van der Waals surface area contributed by atoms with Gasteiger partial charge in [0.05, 0.1) is 4.92 Å². The van der Waals surface area contributed by atoms with E-state index in [9.17, 15) is 10.1 Å². The number of benzene rings is 2. The van der Waals surface area contributed by atoms with Gasteiger partial charge in [0.1, 0.15) is 5.75 Å². The largest absolute Gasteiger partial charge is 0.450 e. The van der Waals surface area contributed by atoms with E-state index < -0.39 is 4.92 Å². The molecule has 0 bridgehead atoms. The number of nitro groups is 1. The fourth-order valence-corrected chi connectivity index (χ4v) is 1.97. The molecule has 0 aliphatic heterocycles. The third-order valence-corrected chi connectivity index (χ3v) is 3.35. The maximum absolute atomic E-state index is 11.1. The fraction of sp³-hybridized carbons (Fsp3) is 0.250. The lowest BCUT2D eigenvalue weighted by atomic mass is 10.1. The van der Waals surface area contributed by atoms with Gasteiger partial charge in [0.2, 0.25) is 5.75 Å². The van der Waals surface area contributed by atoms with Crippen LogP contribution in [0.1, 0.15) is 24.1 Å². The third-order valence-electron chi connectivity index (χ3n) is 3.35. The molecule has 0 aliphatic rings. The minimum atomic E-state index is -0.431. The SMILES string of the molecule is CNC(C)c1ccc(Oc2ccc(C)cc2[N+](=O)[O-])cc1. The number of aryl methyl sites for hydroxylation is 1. The molecule has 0 aromatic heterocycles. The van der Waals surface area contributed by atoms with E-state index in [1.54, 1.807) is 12.1 Å². The molecule has 0 fully saturated rings. The Morgan fingerprint density at radius 3 is 2.43 bits per heavy atom. The monoisotopic (exact) mass is 286 g/mol. The molecule has 5 nitrogen and oxygen atoms in total. The van der Waals surface area contributed by atoms with Crippen LogP contribution in [0.25, 0.3) is 0 Å². The van der Waals surface area contributed by atoms with Crippen LogP contribution in [0.3, 0.4) is 0 Å². The Kier molecular flexibility index (Phi) is 4.55. The maximum Gasteiger partial charge on any atom is 0.311 e. The van der Waals surface area contributed by atoms with Gasteiger partial charge in [-0.05, 0) is 50.2 Å². The Morgan fingerprint density at radius 2 is 1.86 bits per heavy atom. The van der Waals surface area contributed by atoms with Crippen molar-refractivity contribution in [3.05, 3.63) is 63.7 Å². The Morgan fingerprint density at radius 1 is 1.19 bits per heavy atom. The van der Waals surface area contributed by atoms with E-state index in [0.717, 1.165) is 11.1 Å². The summed E-state index contributed by atoms with van der Waals surface area (Å²) in [6.07, 6.45) is 0. The predicted octanol–water partition coefficient (Wildman–Crippen LogP) is 3.98. The summed E-state index contributed by atoms with van der Waals surface area (Å²) in [4.78, 5) is 10.6. The zero-order valence-corrected chi connectivity index (χ0v) is 12.3. The summed E-state index contributed by atoms with van der Waals surface area (Å²) < 4.78 is 5.63. The Hall–Kier alpha value is -2.40. The van der Waals surface area contributed by atoms with Crippen molar-refractivity contribution in [2.75, 3.05) is 7.05 Å². The van der Waals surface area contributed by atoms with Crippen LogP contribution in [0.2, 0.25) is 0 Å². The summed E-state index contributed by atoms with van der Waals surface area (Å²) in [5, 5.41) is 14.2. The molecule has 1 N–H and O–H groups in total. The number of nitro benzene ring substituents is 1. The molecule has 1 unspecified atom stereocenters. The van der Waals surface area contributed by atoms with Crippen LogP contribution >= 0.6 is 0 Å². The minimum Gasteiger partial charge on any atom is -0.450 e. The molecule has 0 heterocycles. The van der Waals surface area contributed by atoms with Crippen molar-refractivity contribution in [2.24, 2.45) is 0 Å². The Labute approximate surface area is 123 Å². The maximum atomic E-state index is 11.1. The number of hydrogen-bond donors (Lipinski definition) is 1. The van der Waals surface area contributed by atoms with E-state index in [1.807, 2.05) is 38.2 Å². The zero-order valence-electron chi connectivity index (χ0n) is 12.3. The van der Waals surface area contributed by atoms with Crippen molar-refractivity contribution in [2.45, 2.75) is 19.9 Å². The number of rotatable bonds is 5. The fourth-order valence-electron chi connectivity index (χ4n) is 1.97. The molecule has 0 saturated carbocycles. The number of nitrogens with one attached hydrogen (secondary N) is 1. The molecule has 2 rings (SSSR count). The highest BCUT2D eigenvalue weighted by Gasteiger charge is 2.15. The second-order valence-corrected chi connectivity index (χ2v) is 4.91. The van der Waals surface area contributed by atoms with Crippen LogP contribution in [-0.2, 0) is 0 Å². The Balaban J connectivity index is 2.24. The standard InChI is InChI=1S/C16H18N2O3/c1-11-4-9-16(15(10-11)18(19)20)21-14-7-5-13(6-8-14)12(2)17-3/h4-10,12,17H,1-3H3. The molecule has 5 heteroatoms. The van der Waals surface area contributed by atoms with Crippen molar-refractivity contribution in [3.63, 3.8) is 0 Å². The average Bonchev–Trinajstić information content (AvgIpc) is 2.49. The first-order chi connectivity index (χ1) is 10.0. The van der Waals surface area contributed by atoms with Crippen molar-refractivity contribution < 1.29 is 9.66 Å². The summed E-state index contributed by atoms with van der Waals surface area (Å²) in [6.45, 7) is 3.87. The normalized spacial score (nSPS) is 12.0. The van der Waals surface area contributed by atoms with Gasteiger partial charge in [-0.3, -0.25) is 10.1 Å². The molecule has 2 aromatic rings. The van der Waals surface area contributed by atoms with Crippen molar-refractivity contribution in [1.82, 2.24) is 5.32 Å². The highest BCUT2D eigenvalue weighted by molar-refractivity contribution is 5.50. The van der Waals surface area contributed by atoms with E-state index >= 15 is 0 Å². The molecule has 110 valence electrons. The Bertz CT molecular complexity index is 638. The van der Waals surface area contributed by atoms with Crippen LogP contribution < -0.4 is 10.1 Å². The first-order valence-electron chi connectivity index (χ1n) is 6.71. The predicted molar refractivity (Wildman–Crippen MR) is 81.8 cm³/mol. The lowest BCUT2D eigenvalue weighted by Gasteiger charge is -2.12. The third kappa shape index (κ3) is 3.58. The molecule has 2 aromatic carbocycles. The van der Waals surface area contributed by atoms with Crippen LogP contribution in [0.4, 0.5) is 5.69 Å². The van der Waals surface area contributed by atoms with Gasteiger partial charge in [-0.15, -0.1) is 0 Å². The number of ether oxygens (including phenoxy) is 1. The molecular weight excluding hydrogens is 268 g/mol. The van der Waals surface area contributed by atoms with Gasteiger partial charge < -0.3 is 10.1 Å². The molecule has 0 radical (unpaired) electrons. The van der Waals surface area contributed by atoms with Crippen molar-refractivity contribution in [1.29, 1.82) is 0 Å². The van der Waals surface area contributed by atoms with Gasteiger partial charge in [-0.1, -0.05) is 18.2 Å². The van der Waals surface area contributed by atoms with Crippen LogP contribution in [0, 0.1) is 17.0 Å². The van der Waals surface area contributed by atoms with Crippen molar-refractivity contribution in [3.8, 4) is 11.5 Å². The first kappa shape index (κ1) is 15.0. The van der Waals surface area contributed by atoms with E-state index in [0.29, 0.717) is 5.75 Å². The summed E-state index contributed by atoms with van der Waals surface area (Å²) >= 11 is 0. The van der Waals surface area contributed by atoms with E-state index in [4.69, 9.17) is 4.74 Å². The topological polar surface area (TPSA) is 64.4 Å². The van der Waals surface area contributed by atoms with E-state index in [2.05, 4.69) is 12.2 Å². The summed E-state index contributed by atoms with van der Waals surface area (Å²) in [6, 6.07) is 12.7. The quantitative estimate of drug-likeness (QED) is 0.667. The van der Waals surface area contributed by atoms with Gasteiger partial charge in [-0.2, -0.15) is 0 Å². The van der Waals surface area contributed by atoms with E-state index in [-0.39, 0.29) is 17.5 Å². The first-order valence-corrected chi connectivity index (χ1v) is 6.71. The van der Waals surface area contributed by atoms with Crippen LogP contribution in [0.15, 0.2) is 42.5 Å². The summed E-state index contributed by atoms with van der Waals surface area (Å²) in [5.74, 6) is 0.828. The van der Waals surface area contributed by atoms with E-state index in [1.165, 1.54) is 6.07 Å². The molecule has 0 spiro atoms. The molecule has 0 aliphatic carbocycles.